The van der Waals surface area contributed by atoms with Crippen LogP contribution in [0.25, 0.3) is 0 Å². The highest BCUT2D eigenvalue weighted by atomic mass is 79.9. The van der Waals surface area contributed by atoms with Crippen LogP contribution in [0.4, 0.5) is 15.8 Å². The van der Waals surface area contributed by atoms with Crippen LogP contribution in [0.3, 0.4) is 0 Å². The molecule has 20 heavy (non-hydrogen) atoms. The number of thioether (sulfide) groups is 1. The van der Waals surface area contributed by atoms with Crippen molar-refractivity contribution in [3.8, 4) is 0 Å². The van der Waals surface area contributed by atoms with Gasteiger partial charge in [0, 0.05) is 11.3 Å². The number of halogens is 2. The molecule has 0 radical (unpaired) electrons. The van der Waals surface area contributed by atoms with Crippen LogP contribution >= 0.6 is 27.7 Å². The standard InChI is InChI=1S/C13H18BrFN2O2S/c1-4-13(5-2,20-3)8-16-11-6-9(14)10(15)7-12(11)17(18)19/h6-7,16H,4-5,8H2,1-3H3. The van der Waals surface area contributed by atoms with Crippen molar-refractivity contribution in [3.05, 3.63) is 32.5 Å². The Hall–Kier alpha value is -0.820. The average Bonchev–Trinajstić information content (AvgIpc) is 2.44. The first-order chi connectivity index (χ1) is 9.39. The van der Waals surface area contributed by atoms with Gasteiger partial charge in [-0.15, -0.1) is 0 Å². The van der Waals surface area contributed by atoms with Crippen LogP contribution in [0.15, 0.2) is 16.6 Å². The summed E-state index contributed by atoms with van der Waals surface area (Å²) in [4.78, 5) is 10.4. The van der Waals surface area contributed by atoms with Crippen LogP contribution < -0.4 is 5.32 Å². The zero-order chi connectivity index (χ0) is 15.3. The molecule has 0 unspecified atom stereocenters. The molecule has 4 nitrogen and oxygen atoms in total. The SMILES string of the molecule is CCC(CC)(CNc1cc(Br)c(F)cc1[N+](=O)[O-])SC. The molecule has 1 aromatic rings. The van der Waals surface area contributed by atoms with Crippen molar-refractivity contribution in [3.63, 3.8) is 0 Å². The van der Waals surface area contributed by atoms with Crippen LogP contribution in [-0.2, 0) is 0 Å². The minimum absolute atomic E-state index is 0.0226. The van der Waals surface area contributed by atoms with Gasteiger partial charge in [-0.2, -0.15) is 11.8 Å². The van der Waals surface area contributed by atoms with E-state index in [4.69, 9.17) is 0 Å². The van der Waals surface area contributed by atoms with E-state index in [1.807, 2.05) is 6.26 Å². The maximum absolute atomic E-state index is 13.4. The lowest BCUT2D eigenvalue weighted by atomic mass is 10.0. The number of nitro benzene ring substituents is 1. The van der Waals surface area contributed by atoms with E-state index in [9.17, 15) is 14.5 Å². The fraction of sp³-hybridized carbons (Fsp3) is 0.538. The molecule has 7 heteroatoms. The second kappa shape index (κ2) is 7.26. The maximum Gasteiger partial charge on any atom is 0.295 e. The molecule has 112 valence electrons. The summed E-state index contributed by atoms with van der Waals surface area (Å²) in [5.41, 5.74) is 0.0940. The Balaban J connectivity index is 3.03. The van der Waals surface area contributed by atoms with Gasteiger partial charge in [0.2, 0.25) is 0 Å². The molecule has 1 rings (SSSR count). The van der Waals surface area contributed by atoms with Crippen molar-refractivity contribution in [1.29, 1.82) is 0 Å². The third-order valence-electron chi connectivity index (χ3n) is 3.56. The zero-order valence-corrected chi connectivity index (χ0v) is 14.1. The number of nitro groups is 1. The monoisotopic (exact) mass is 364 g/mol. The first-order valence-corrected chi connectivity index (χ1v) is 8.33. The lowest BCUT2D eigenvalue weighted by Crippen LogP contribution is -2.32. The highest BCUT2D eigenvalue weighted by Gasteiger charge is 2.26. The molecular formula is C13H18BrFN2O2S. The molecule has 0 heterocycles. The molecule has 0 spiro atoms. The van der Waals surface area contributed by atoms with E-state index in [-0.39, 0.29) is 14.9 Å². The lowest BCUT2D eigenvalue weighted by molar-refractivity contribution is -0.384. The number of hydrogen-bond donors (Lipinski definition) is 1. The molecule has 0 aromatic heterocycles. The molecule has 0 fully saturated rings. The van der Waals surface area contributed by atoms with Crippen molar-refractivity contribution in [2.75, 3.05) is 18.1 Å². The summed E-state index contributed by atoms with van der Waals surface area (Å²) in [6.07, 6.45) is 3.94. The van der Waals surface area contributed by atoms with Crippen LogP contribution in [0.1, 0.15) is 26.7 Å². The smallest absolute Gasteiger partial charge is 0.295 e. The second-order valence-electron chi connectivity index (χ2n) is 4.49. The van der Waals surface area contributed by atoms with Crippen LogP contribution in [0, 0.1) is 15.9 Å². The molecule has 1 aromatic carbocycles. The molecular weight excluding hydrogens is 347 g/mol. The minimum Gasteiger partial charge on any atom is -0.378 e. The Labute approximate surface area is 130 Å². The van der Waals surface area contributed by atoms with Crippen molar-refractivity contribution in [2.45, 2.75) is 31.4 Å². The third kappa shape index (κ3) is 3.85. The van der Waals surface area contributed by atoms with Gasteiger partial charge < -0.3 is 5.32 Å². The van der Waals surface area contributed by atoms with Crippen molar-refractivity contribution < 1.29 is 9.31 Å². The third-order valence-corrected chi connectivity index (χ3v) is 5.75. The first-order valence-electron chi connectivity index (χ1n) is 6.31. The van der Waals surface area contributed by atoms with Gasteiger partial charge >= 0.3 is 0 Å². The number of anilines is 1. The van der Waals surface area contributed by atoms with E-state index in [2.05, 4.69) is 35.1 Å². The topological polar surface area (TPSA) is 55.2 Å². The quantitative estimate of drug-likeness (QED) is 0.555. The minimum atomic E-state index is -0.635. The molecule has 0 bridgehead atoms. The Morgan fingerprint density at radius 2 is 2.05 bits per heavy atom. The summed E-state index contributed by atoms with van der Waals surface area (Å²) >= 11 is 4.80. The van der Waals surface area contributed by atoms with Gasteiger partial charge in [0.25, 0.3) is 5.69 Å². The summed E-state index contributed by atoms with van der Waals surface area (Å²) in [7, 11) is 0. The predicted octanol–water partition coefficient (Wildman–Crippen LogP) is 4.83. The van der Waals surface area contributed by atoms with Gasteiger partial charge in [0.1, 0.15) is 11.5 Å². The van der Waals surface area contributed by atoms with Gasteiger partial charge in [-0.25, -0.2) is 4.39 Å². The van der Waals surface area contributed by atoms with E-state index < -0.39 is 10.7 Å². The molecule has 0 aliphatic rings. The second-order valence-corrected chi connectivity index (χ2v) is 6.62. The van der Waals surface area contributed by atoms with Crippen molar-refractivity contribution in [2.24, 2.45) is 0 Å². The molecule has 0 aliphatic carbocycles. The fourth-order valence-electron chi connectivity index (χ4n) is 1.95. The van der Waals surface area contributed by atoms with E-state index in [0.29, 0.717) is 12.2 Å². The summed E-state index contributed by atoms with van der Waals surface area (Å²) in [5, 5.41) is 14.1. The van der Waals surface area contributed by atoms with Gasteiger partial charge in [-0.1, -0.05) is 13.8 Å². The normalized spacial score (nSPS) is 11.4. The van der Waals surface area contributed by atoms with E-state index in [0.717, 1.165) is 18.9 Å². The molecule has 0 atom stereocenters. The van der Waals surface area contributed by atoms with Gasteiger partial charge in [-0.3, -0.25) is 10.1 Å². The average molecular weight is 365 g/mol. The van der Waals surface area contributed by atoms with Crippen LogP contribution in [0.5, 0.6) is 0 Å². The summed E-state index contributed by atoms with van der Waals surface area (Å²) < 4.78 is 13.6. The van der Waals surface area contributed by atoms with E-state index in [1.165, 1.54) is 6.07 Å². The van der Waals surface area contributed by atoms with Crippen molar-refractivity contribution >= 4 is 39.1 Å². The number of benzene rings is 1. The fourth-order valence-corrected chi connectivity index (χ4v) is 3.08. The largest absolute Gasteiger partial charge is 0.378 e. The van der Waals surface area contributed by atoms with Crippen LogP contribution in [0.2, 0.25) is 0 Å². The molecule has 0 amide bonds. The number of nitrogens with one attached hydrogen (secondary N) is 1. The number of hydrogen-bond acceptors (Lipinski definition) is 4. The summed E-state index contributed by atoms with van der Waals surface area (Å²) in [6, 6.07) is 2.36. The Morgan fingerprint density at radius 1 is 1.45 bits per heavy atom. The van der Waals surface area contributed by atoms with Gasteiger partial charge in [0.05, 0.1) is 15.5 Å². The van der Waals surface area contributed by atoms with E-state index in [1.54, 1.807) is 11.8 Å². The molecule has 1 N–H and O–H groups in total. The Kier molecular flexibility index (Phi) is 6.26. The molecule has 0 saturated carbocycles. The van der Waals surface area contributed by atoms with E-state index >= 15 is 0 Å². The highest BCUT2D eigenvalue weighted by molar-refractivity contribution is 9.10. The Bertz CT molecular complexity index is 487. The van der Waals surface area contributed by atoms with Crippen LogP contribution in [-0.4, -0.2) is 22.5 Å². The predicted molar refractivity (Wildman–Crippen MR) is 86.1 cm³/mol. The summed E-state index contributed by atoms with van der Waals surface area (Å²) in [5.74, 6) is -0.635. The number of rotatable bonds is 7. The lowest BCUT2D eigenvalue weighted by Gasteiger charge is -2.30. The van der Waals surface area contributed by atoms with Gasteiger partial charge in [-0.05, 0) is 41.1 Å². The maximum atomic E-state index is 13.4. The highest BCUT2D eigenvalue weighted by Crippen LogP contribution is 2.34. The molecule has 0 saturated heterocycles. The first kappa shape index (κ1) is 17.2. The Morgan fingerprint density at radius 3 is 2.50 bits per heavy atom. The van der Waals surface area contributed by atoms with Gasteiger partial charge in [0.15, 0.2) is 0 Å². The summed E-state index contributed by atoms with van der Waals surface area (Å²) in [6.45, 7) is 4.79. The number of nitrogens with zero attached hydrogens (tertiary/aromatic N) is 1. The van der Waals surface area contributed by atoms with Crippen molar-refractivity contribution in [1.82, 2.24) is 0 Å². The zero-order valence-electron chi connectivity index (χ0n) is 11.7. The molecule has 0 aliphatic heterocycles.